The predicted octanol–water partition coefficient (Wildman–Crippen LogP) is -0.389. The molecule has 6 heteroatoms. The molecule has 0 spiro atoms. The van der Waals surface area contributed by atoms with Gasteiger partial charge in [0.05, 0.1) is 12.7 Å². The highest BCUT2D eigenvalue weighted by Gasteiger charge is 2.42. The summed E-state index contributed by atoms with van der Waals surface area (Å²) in [7, 11) is 1.36. The van der Waals surface area contributed by atoms with Crippen LogP contribution in [0.4, 0.5) is 0 Å². The molecule has 6 nitrogen and oxygen atoms in total. The summed E-state index contributed by atoms with van der Waals surface area (Å²) in [5.74, 6) is -1.89. The smallest absolute Gasteiger partial charge is 0.319 e. The summed E-state index contributed by atoms with van der Waals surface area (Å²) in [4.78, 5) is 22.5. The summed E-state index contributed by atoms with van der Waals surface area (Å²) in [6.45, 7) is 3.50. The Bertz CT molecular complexity index is 256. The fourth-order valence-electron chi connectivity index (χ4n) is 1.34. The number of aliphatic hydroxyl groups excluding tert-OH is 1. The molecule has 0 aliphatic heterocycles. The minimum absolute atomic E-state index is 0.0242. The lowest BCUT2D eigenvalue weighted by atomic mass is 9.83. The van der Waals surface area contributed by atoms with Gasteiger partial charge >= 0.3 is 5.97 Å². The van der Waals surface area contributed by atoms with Crippen LogP contribution in [-0.2, 0) is 14.3 Å². The number of carbonyl (C=O) groups excluding carboxylic acids is 1. The molecule has 0 saturated carbocycles. The molecule has 0 aliphatic carbocycles. The van der Waals surface area contributed by atoms with Gasteiger partial charge in [0.15, 0.2) is 0 Å². The van der Waals surface area contributed by atoms with E-state index in [9.17, 15) is 14.7 Å². The maximum absolute atomic E-state index is 11.4. The lowest BCUT2D eigenvalue weighted by Crippen LogP contribution is -2.45. The number of aliphatic hydroxyl groups is 1. The normalized spacial score (nSPS) is 16.2. The Hall–Kier alpha value is -1.14. The van der Waals surface area contributed by atoms with Crippen LogP contribution in [-0.4, -0.2) is 48.5 Å². The highest BCUT2D eigenvalue weighted by Crippen LogP contribution is 2.24. The molecule has 0 radical (unpaired) electrons. The molecule has 94 valence electrons. The monoisotopic (exact) mass is 233 g/mol. The second kappa shape index (κ2) is 6.44. The van der Waals surface area contributed by atoms with E-state index >= 15 is 0 Å². The van der Waals surface area contributed by atoms with Gasteiger partial charge in [0.2, 0.25) is 5.91 Å². The van der Waals surface area contributed by atoms with Gasteiger partial charge in [-0.2, -0.15) is 0 Å². The van der Waals surface area contributed by atoms with Crippen molar-refractivity contribution in [2.24, 2.45) is 5.41 Å². The van der Waals surface area contributed by atoms with Gasteiger partial charge in [-0.15, -0.1) is 0 Å². The first kappa shape index (κ1) is 14.9. The van der Waals surface area contributed by atoms with Crippen molar-refractivity contribution in [3.05, 3.63) is 0 Å². The zero-order chi connectivity index (χ0) is 12.8. The van der Waals surface area contributed by atoms with Gasteiger partial charge in [0, 0.05) is 20.1 Å². The lowest BCUT2D eigenvalue weighted by molar-refractivity contribution is -0.157. The van der Waals surface area contributed by atoms with Crippen LogP contribution in [0, 0.1) is 5.41 Å². The van der Waals surface area contributed by atoms with Gasteiger partial charge in [0.1, 0.15) is 5.41 Å². The average molecular weight is 233 g/mol. The largest absolute Gasteiger partial charge is 0.480 e. The quantitative estimate of drug-likeness (QED) is 0.520. The van der Waals surface area contributed by atoms with Crippen molar-refractivity contribution >= 4 is 11.9 Å². The van der Waals surface area contributed by atoms with Crippen LogP contribution in [0.5, 0.6) is 0 Å². The molecule has 0 aromatic carbocycles. The van der Waals surface area contributed by atoms with Crippen molar-refractivity contribution in [3.63, 3.8) is 0 Å². The molecule has 2 atom stereocenters. The molecule has 0 bridgehead atoms. The van der Waals surface area contributed by atoms with Crippen LogP contribution in [0.1, 0.15) is 20.3 Å². The van der Waals surface area contributed by atoms with Crippen molar-refractivity contribution in [2.75, 3.05) is 20.3 Å². The Labute approximate surface area is 94.6 Å². The molecule has 1 amide bonds. The Morgan fingerprint density at radius 2 is 2.06 bits per heavy atom. The summed E-state index contributed by atoms with van der Waals surface area (Å²) in [5.41, 5.74) is -1.63. The minimum atomic E-state index is -1.63. The summed E-state index contributed by atoms with van der Waals surface area (Å²) in [6.07, 6.45) is -1.15. The van der Waals surface area contributed by atoms with Crippen LogP contribution in [0.25, 0.3) is 0 Å². The van der Waals surface area contributed by atoms with Crippen molar-refractivity contribution in [1.29, 1.82) is 0 Å². The zero-order valence-corrected chi connectivity index (χ0v) is 9.82. The number of carboxylic acids is 1. The Morgan fingerprint density at radius 3 is 2.44 bits per heavy atom. The van der Waals surface area contributed by atoms with Crippen molar-refractivity contribution in [1.82, 2.24) is 5.32 Å². The highest BCUT2D eigenvalue weighted by molar-refractivity contribution is 6.01. The third-order valence-corrected chi connectivity index (χ3v) is 2.36. The van der Waals surface area contributed by atoms with Gasteiger partial charge in [-0.3, -0.25) is 9.59 Å². The average Bonchev–Trinajstić information content (AvgIpc) is 2.24. The van der Waals surface area contributed by atoms with Gasteiger partial charge in [-0.05, 0) is 13.8 Å². The van der Waals surface area contributed by atoms with E-state index < -0.39 is 23.4 Å². The highest BCUT2D eigenvalue weighted by atomic mass is 16.5. The number of carboxylic acid groups (broad SMARTS) is 1. The molecule has 0 aromatic heterocycles. The number of hydrogen-bond acceptors (Lipinski definition) is 4. The Kier molecular flexibility index (Phi) is 5.98. The number of rotatable bonds is 7. The zero-order valence-electron chi connectivity index (χ0n) is 9.82. The standard InChI is InChI=1S/C10H19NO5/c1-4-16-6-7(12)5-10(2,9(14)15)8(13)11-3/h7,12H,4-6H2,1-3H3,(H,11,13)(H,14,15). The SMILES string of the molecule is CCOCC(O)CC(C)(C(=O)O)C(=O)NC. The molecule has 0 fully saturated rings. The number of carbonyl (C=O) groups is 2. The molecule has 0 rings (SSSR count). The maximum atomic E-state index is 11.4. The first-order valence-corrected chi connectivity index (χ1v) is 5.09. The van der Waals surface area contributed by atoms with E-state index in [0.717, 1.165) is 0 Å². The number of hydrogen-bond donors (Lipinski definition) is 3. The van der Waals surface area contributed by atoms with Crippen molar-refractivity contribution < 1.29 is 24.5 Å². The van der Waals surface area contributed by atoms with Crippen LogP contribution < -0.4 is 5.32 Å². The molecule has 3 N–H and O–H groups in total. The van der Waals surface area contributed by atoms with Gasteiger partial charge in [-0.1, -0.05) is 0 Å². The number of amides is 1. The van der Waals surface area contributed by atoms with Crippen LogP contribution in [0.2, 0.25) is 0 Å². The predicted molar refractivity (Wildman–Crippen MR) is 56.9 cm³/mol. The summed E-state index contributed by atoms with van der Waals surface area (Å²) in [6, 6.07) is 0. The van der Waals surface area contributed by atoms with E-state index in [1.54, 1.807) is 6.92 Å². The molecule has 0 heterocycles. The van der Waals surface area contributed by atoms with E-state index in [0.29, 0.717) is 6.61 Å². The van der Waals surface area contributed by atoms with Crippen molar-refractivity contribution in [3.8, 4) is 0 Å². The third-order valence-electron chi connectivity index (χ3n) is 2.36. The van der Waals surface area contributed by atoms with Gasteiger partial charge in [0.25, 0.3) is 0 Å². The van der Waals surface area contributed by atoms with E-state index in [1.165, 1.54) is 14.0 Å². The molecule has 2 unspecified atom stereocenters. The fraction of sp³-hybridized carbons (Fsp3) is 0.800. The van der Waals surface area contributed by atoms with E-state index in [1.807, 2.05) is 0 Å². The molecular formula is C10H19NO5. The molecule has 0 aliphatic rings. The van der Waals surface area contributed by atoms with Crippen LogP contribution in [0.3, 0.4) is 0 Å². The second-order valence-corrected chi connectivity index (χ2v) is 3.73. The van der Waals surface area contributed by atoms with Gasteiger partial charge in [-0.25, -0.2) is 0 Å². The van der Waals surface area contributed by atoms with E-state index in [-0.39, 0.29) is 13.0 Å². The summed E-state index contributed by atoms with van der Waals surface area (Å²) >= 11 is 0. The van der Waals surface area contributed by atoms with Crippen LogP contribution >= 0.6 is 0 Å². The molecule has 0 aromatic rings. The van der Waals surface area contributed by atoms with Crippen molar-refractivity contribution in [2.45, 2.75) is 26.4 Å². The summed E-state index contributed by atoms with van der Waals surface area (Å²) < 4.78 is 4.96. The molecule has 0 saturated heterocycles. The first-order chi connectivity index (χ1) is 7.38. The first-order valence-electron chi connectivity index (χ1n) is 5.09. The maximum Gasteiger partial charge on any atom is 0.319 e. The lowest BCUT2D eigenvalue weighted by Gasteiger charge is -2.25. The third kappa shape index (κ3) is 3.79. The number of aliphatic carboxylic acids is 1. The topological polar surface area (TPSA) is 95.9 Å². The van der Waals surface area contributed by atoms with E-state index in [2.05, 4.69) is 5.32 Å². The molecular weight excluding hydrogens is 214 g/mol. The number of nitrogens with one attached hydrogen (secondary N) is 1. The minimum Gasteiger partial charge on any atom is -0.480 e. The van der Waals surface area contributed by atoms with E-state index in [4.69, 9.17) is 9.84 Å². The number of ether oxygens (including phenoxy) is 1. The summed E-state index contributed by atoms with van der Waals surface area (Å²) in [5, 5.41) is 20.8. The Balaban J connectivity index is 4.56. The Morgan fingerprint density at radius 1 is 1.50 bits per heavy atom. The fourth-order valence-corrected chi connectivity index (χ4v) is 1.34. The second-order valence-electron chi connectivity index (χ2n) is 3.73. The van der Waals surface area contributed by atoms with Gasteiger partial charge < -0.3 is 20.3 Å². The van der Waals surface area contributed by atoms with Crippen LogP contribution in [0.15, 0.2) is 0 Å². The molecule has 16 heavy (non-hydrogen) atoms.